The molecule has 6 heteroatoms. The summed E-state index contributed by atoms with van der Waals surface area (Å²) in [5.41, 5.74) is 8.80. The summed E-state index contributed by atoms with van der Waals surface area (Å²) in [6.45, 7) is 0. The van der Waals surface area contributed by atoms with Crippen LogP contribution >= 0.6 is 11.6 Å². The zero-order chi connectivity index (χ0) is 20.5. The second-order valence-corrected chi connectivity index (χ2v) is 6.74. The first-order valence-corrected chi connectivity index (χ1v) is 9.20. The van der Waals surface area contributed by atoms with E-state index in [1.807, 2.05) is 18.2 Å². The molecule has 3 aromatic carbocycles. The molecule has 0 saturated heterocycles. The lowest BCUT2D eigenvalue weighted by Crippen LogP contribution is -2.10. The maximum Gasteiger partial charge on any atom is 0.414 e. The molecule has 4 N–H and O–H groups in total. The van der Waals surface area contributed by atoms with E-state index in [4.69, 9.17) is 37.1 Å². The summed E-state index contributed by atoms with van der Waals surface area (Å²) in [6, 6.07) is 23.0. The molecule has 0 bridgehead atoms. The highest BCUT2D eigenvalue weighted by Crippen LogP contribution is 2.23. The monoisotopic (exact) mass is 399 g/mol. The van der Waals surface area contributed by atoms with Crippen LogP contribution in [0.15, 0.2) is 66.7 Å². The molecule has 28 heavy (non-hydrogen) atoms. The third-order valence-electron chi connectivity index (χ3n) is 4.30. The van der Waals surface area contributed by atoms with Crippen LogP contribution in [-0.2, 0) is 16.0 Å². The van der Waals surface area contributed by atoms with Gasteiger partial charge in [-0.3, -0.25) is 0 Å². The molecule has 0 saturated carbocycles. The van der Waals surface area contributed by atoms with Gasteiger partial charge >= 0.3 is 11.9 Å². The van der Waals surface area contributed by atoms with E-state index >= 15 is 0 Å². The average Bonchev–Trinajstić information content (AvgIpc) is 2.68. The fourth-order valence-electron chi connectivity index (χ4n) is 2.93. The van der Waals surface area contributed by atoms with Crippen molar-refractivity contribution in [2.24, 2.45) is 5.73 Å². The van der Waals surface area contributed by atoms with Crippen LogP contribution in [0.1, 0.15) is 30.0 Å². The minimum absolute atomic E-state index is 0.0497. The van der Waals surface area contributed by atoms with Gasteiger partial charge in [-0.05, 0) is 53.3 Å². The van der Waals surface area contributed by atoms with Crippen molar-refractivity contribution >= 4 is 34.3 Å². The summed E-state index contributed by atoms with van der Waals surface area (Å²) in [4.78, 5) is 18.2. The highest BCUT2D eigenvalue weighted by Gasteiger charge is 2.07. The van der Waals surface area contributed by atoms with Crippen LogP contribution in [0.5, 0.6) is 0 Å². The van der Waals surface area contributed by atoms with Crippen molar-refractivity contribution in [3.8, 4) is 0 Å². The smallest absolute Gasteiger partial charge is 0.414 e. The van der Waals surface area contributed by atoms with Crippen molar-refractivity contribution in [2.45, 2.75) is 25.3 Å². The van der Waals surface area contributed by atoms with E-state index in [0.717, 1.165) is 29.8 Å². The second-order valence-electron chi connectivity index (χ2n) is 6.30. The fraction of sp³-hybridized carbons (Fsp3) is 0.182. The van der Waals surface area contributed by atoms with Crippen molar-refractivity contribution in [2.75, 3.05) is 0 Å². The molecule has 1 unspecified atom stereocenters. The van der Waals surface area contributed by atoms with Crippen LogP contribution in [0.4, 0.5) is 0 Å². The molecule has 0 spiro atoms. The molecule has 146 valence electrons. The molecule has 0 aliphatic carbocycles. The van der Waals surface area contributed by atoms with Gasteiger partial charge in [0.2, 0.25) is 0 Å². The van der Waals surface area contributed by atoms with Crippen molar-refractivity contribution in [3.05, 3.63) is 82.9 Å². The normalized spacial score (nSPS) is 11.4. The van der Waals surface area contributed by atoms with Crippen LogP contribution in [0.25, 0.3) is 10.8 Å². The zero-order valence-electron chi connectivity index (χ0n) is 15.2. The summed E-state index contributed by atoms with van der Waals surface area (Å²) in [6.07, 6.45) is 3.08. The SMILES string of the molecule is NC(CCCc1cccc2ccccc12)c1cccc(Cl)c1.O=C(O)C(=O)O. The lowest BCUT2D eigenvalue weighted by molar-refractivity contribution is -0.159. The number of nitrogens with two attached hydrogens (primary N) is 1. The first-order valence-electron chi connectivity index (χ1n) is 8.82. The Balaban J connectivity index is 0.000000409. The molecule has 3 aromatic rings. The van der Waals surface area contributed by atoms with Gasteiger partial charge in [-0.25, -0.2) is 9.59 Å². The van der Waals surface area contributed by atoms with E-state index in [0.29, 0.717) is 0 Å². The summed E-state index contributed by atoms with van der Waals surface area (Å²) in [7, 11) is 0. The summed E-state index contributed by atoms with van der Waals surface area (Å²) in [5.74, 6) is -3.65. The number of hydrogen-bond donors (Lipinski definition) is 3. The number of hydrogen-bond acceptors (Lipinski definition) is 3. The van der Waals surface area contributed by atoms with Crippen LogP contribution in [0.2, 0.25) is 5.02 Å². The average molecular weight is 400 g/mol. The number of carboxylic acids is 2. The number of carboxylic acid groups (broad SMARTS) is 2. The van der Waals surface area contributed by atoms with Gasteiger partial charge in [0.15, 0.2) is 0 Å². The molecular formula is C22H22ClNO4. The van der Waals surface area contributed by atoms with Crippen molar-refractivity contribution in [1.29, 1.82) is 0 Å². The minimum Gasteiger partial charge on any atom is -0.473 e. The maximum absolute atomic E-state index is 9.10. The van der Waals surface area contributed by atoms with Gasteiger partial charge in [-0.15, -0.1) is 0 Å². The molecule has 0 heterocycles. The highest BCUT2D eigenvalue weighted by molar-refractivity contribution is 6.30. The second kappa shape index (κ2) is 10.4. The number of aliphatic carboxylic acids is 2. The molecule has 0 aliphatic rings. The quantitative estimate of drug-likeness (QED) is 0.541. The number of carbonyl (C=O) groups is 2. The van der Waals surface area contributed by atoms with Crippen LogP contribution in [0.3, 0.4) is 0 Å². The molecule has 5 nitrogen and oxygen atoms in total. The zero-order valence-corrected chi connectivity index (χ0v) is 16.0. The van der Waals surface area contributed by atoms with Gasteiger partial charge in [0.25, 0.3) is 0 Å². The predicted octanol–water partition coefficient (Wildman–Crippen LogP) is 4.67. The lowest BCUT2D eigenvalue weighted by Gasteiger charge is -2.13. The number of halogens is 1. The molecule has 0 fully saturated rings. The Morgan fingerprint density at radius 2 is 1.57 bits per heavy atom. The first-order chi connectivity index (χ1) is 13.4. The maximum atomic E-state index is 9.10. The first kappa shape index (κ1) is 21.4. The molecule has 0 aromatic heterocycles. The largest absolute Gasteiger partial charge is 0.473 e. The van der Waals surface area contributed by atoms with Gasteiger partial charge in [0, 0.05) is 11.1 Å². The van der Waals surface area contributed by atoms with Gasteiger partial charge in [0.1, 0.15) is 0 Å². The topological polar surface area (TPSA) is 101 Å². The number of aryl methyl sites for hydroxylation is 1. The van der Waals surface area contributed by atoms with Gasteiger partial charge in [-0.2, -0.15) is 0 Å². The minimum atomic E-state index is -1.82. The Labute approximate surface area is 168 Å². The molecular weight excluding hydrogens is 378 g/mol. The van der Waals surface area contributed by atoms with E-state index in [-0.39, 0.29) is 6.04 Å². The number of rotatable bonds is 5. The molecule has 0 aliphatic heterocycles. The Bertz CT molecular complexity index is 941. The summed E-state index contributed by atoms with van der Waals surface area (Å²) >= 11 is 6.03. The van der Waals surface area contributed by atoms with E-state index in [1.54, 1.807) is 0 Å². The predicted molar refractivity (Wildman–Crippen MR) is 111 cm³/mol. The summed E-state index contributed by atoms with van der Waals surface area (Å²) in [5, 5.41) is 18.2. The van der Waals surface area contributed by atoms with E-state index in [1.165, 1.54) is 16.3 Å². The Morgan fingerprint density at radius 1 is 0.929 bits per heavy atom. The van der Waals surface area contributed by atoms with Crippen LogP contribution < -0.4 is 5.73 Å². The van der Waals surface area contributed by atoms with E-state index in [9.17, 15) is 0 Å². The molecule has 0 amide bonds. The molecule has 0 radical (unpaired) electrons. The lowest BCUT2D eigenvalue weighted by atomic mass is 9.97. The van der Waals surface area contributed by atoms with Gasteiger partial charge in [0.05, 0.1) is 0 Å². The van der Waals surface area contributed by atoms with Crippen LogP contribution in [0, 0.1) is 0 Å². The van der Waals surface area contributed by atoms with Crippen molar-refractivity contribution in [1.82, 2.24) is 0 Å². The Kier molecular flexibility index (Phi) is 7.99. The van der Waals surface area contributed by atoms with Gasteiger partial charge in [-0.1, -0.05) is 66.2 Å². The van der Waals surface area contributed by atoms with Crippen molar-refractivity contribution < 1.29 is 19.8 Å². The van der Waals surface area contributed by atoms with Crippen molar-refractivity contribution in [3.63, 3.8) is 0 Å². The number of benzene rings is 3. The third-order valence-corrected chi connectivity index (χ3v) is 4.54. The summed E-state index contributed by atoms with van der Waals surface area (Å²) < 4.78 is 0. The third kappa shape index (κ3) is 6.37. The van der Waals surface area contributed by atoms with E-state index in [2.05, 4.69) is 48.5 Å². The Morgan fingerprint density at radius 3 is 2.25 bits per heavy atom. The van der Waals surface area contributed by atoms with Crippen LogP contribution in [-0.4, -0.2) is 22.2 Å². The highest BCUT2D eigenvalue weighted by atomic mass is 35.5. The van der Waals surface area contributed by atoms with E-state index < -0.39 is 11.9 Å². The molecule has 3 rings (SSSR count). The standard InChI is InChI=1S/C20H20ClN.C2H2O4/c21-18-11-4-10-17(14-18)20(22)13-5-9-16-8-3-7-15-6-1-2-12-19(15)16;3-1(4)2(5)6/h1-4,6-8,10-12,14,20H,5,9,13,22H2;(H,3,4)(H,5,6). The van der Waals surface area contributed by atoms with Gasteiger partial charge < -0.3 is 15.9 Å². The Hall–Kier alpha value is -2.89. The molecule has 1 atom stereocenters. The number of fused-ring (bicyclic) bond motifs is 1. The fourth-order valence-corrected chi connectivity index (χ4v) is 3.13.